The van der Waals surface area contributed by atoms with Gasteiger partial charge in [0, 0.05) is 19.5 Å². The van der Waals surface area contributed by atoms with Crippen LogP contribution in [0.15, 0.2) is 0 Å². The summed E-state index contributed by atoms with van der Waals surface area (Å²) in [4.78, 5) is 2.29. The normalized spacial score (nSPS) is 23.3. The van der Waals surface area contributed by atoms with Crippen molar-refractivity contribution in [2.24, 2.45) is 5.92 Å². The van der Waals surface area contributed by atoms with E-state index in [9.17, 15) is 0 Å². The summed E-state index contributed by atoms with van der Waals surface area (Å²) in [7, 11) is 0. The van der Waals surface area contributed by atoms with Crippen LogP contribution in [0.4, 0.5) is 0 Å². The van der Waals surface area contributed by atoms with E-state index in [-0.39, 0.29) is 0 Å². The van der Waals surface area contributed by atoms with Gasteiger partial charge in [0.15, 0.2) is 0 Å². The summed E-state index contributed by atoms with van der Waals surface area (Å²) < 4.78 is 0. The van der Waals surface area contributed by atoms with Crippen molar-refractivity contribution in [1.29, 1.82) is 5.41 Å². The third-order valence-corrected chi connectivity index (χ3v) is 3.29. The summed E-state index contributed by atoms with van der Waals surface area (Å²) in [5, 5.41) is 7.93. The van der Waals surface area contributed by atoms with Gasteiger partial charge in [0.1, 0.15) is 0 Å². The lowest BCUT2D eigenvalue weighted by Crippen LogP contribution is -2.31. The summed E-state index contributed by atoms with van der Waals surface area (Å²) in [6, 6.07) is 0. The predicted octanol–water partition coefficient (Wildman–Crippen LogP) is 3.28. The third kappa shape index (κ3) is 3.32. The molecular weight excluding hydrogens is 172 g/mol. The first kappa shape index (κ1) is 11.5. The summed E-state index contributed by atoms with van der Waals surface area (Å²) in [5.41, 5.74) is 0. The smallest absolute Gasteiger partial charge is 0.0957 e. The van der Waals surface area contributed by atoms with Gasteiger partial charge in [-0.2, -0.15) is 0 Å². The Morgan fingerprint density at radius 2 is 2.07 bits per heavy atom. The number of nitrogens with zero attached hydrogens (tertiary/aromatic N) is 1. The molecule has 1 aliphatic rings. The van der Waals surface area contributed by atoms with Crippen molar-refractivity contribution < 1.29 is 0 Å². The fraction of sp³-hybridized carbons (Fsp3) is 0.917. The zero-order valence-corrected chi connectivity index (χ0v) is 9.68. The lowest BCUT2D eigenvalue weighted by atomic mass is 9.98. The van der Waals surface area contributed by atoms with E-state index in [0.29, 0.717) is 0 Å². The second-order valence-electron chi connectivity index (χ2n) is 4.39. The molecule has 0 amide bonds. The van der Waals surface area contributed by atoms with Crippen LogP contribution in [0.25, 0.3) is 0 Å². The second kappa shape index (κ2) is 6.05. The van der Waals surface area contributed by atoms with E-state index >= 15 is 0 Å². The summed E-state index contributed by atoms with van der Waals surface area (Å²) in [5.74, 6) is 1.78. The van der Waals surface area contributed by atoms with Gasteiger partial charge in [0.05, 0.1) is 5.84 Å². The zero-order chi connectivity index (χ0) is 10.4. The van der Waals surface area contributed by atoms with Crippen LogP contribution >= 0.6 is 0 Å². The molecule has 1 N–H and O–H groups in total. The molecule has 1 atom stereocenters. The number of likely N-dealkylation sites (tertiary alicyclic amines) is 1. The maximum atomic E-state index is 7.93. The highest BCUT2D eigenvalue weighted by molar-refractivity contribution is 5.79. The molecule has 1 aliphatic heterocycles. The second-order valence-corrected chi connectivity index (χ2v) is 4.39. The van der Waals surface area contributed by atoms with Crippen LogP contribution < -0.4 is 0 Å². The first-order chi connectivity index (χ1) is 6.77. The summed E-state index contributed by atoms with van der Waals surface area (Å²) in [6.07, 6.45) is 7.32. The Morgan fingerprint density at radius 3 is 2.71 bits per heavy atom. The van der Waals surface area contributed by atoms with Crippen LogP contribution in [0, 0.1) is 11.3 Å². The molecule has 0 aromatic carbocycles. The maximum absolute atomic E-state index is 7.93. The fourth-order valence-corrected chi connectivity index (χ4v) is 2.24. The van der Waals surface area contributed by atoms with Crippen molar-refractivity contribution in [2.45, 2.75) is 52.4 Å². The standard InChI is InChI=1S/C12H24N2/c1-3-6-12(13)14-9-5-7-11(4-2)8-10-14/h11,13H,3-10H2,1-2H3. The SMILES string of the molecule is CCCC(=N)N1CCCC(CC)CC1. The largest absolute Gasteiger partial charge is 0.361 e. The van der Waals surface area contributed by atoms with Crippen molar-refractivity contribution in [2.75, 3.05) is 13.1 Å². The van der Waals surface area contributed by atoms with E-state index in [4.69, 9.17) is 5.41 Å². The van der Waals surface area contributed by atoms with Gasteiger partial charge in [-0.15, -0.1) is 0 Å². The third-order valence-electron chi connectivity index (χ3n) is 3.29. The van der Waals surface area contributed by atoms with Gasteiger partial charge in [-0.1, -0.05) is 20.3 Å². The molecule has 0 bridgehead atoms. The van der Waals surface area contributed by atoms with E-state index in [1.54, 1.807) is 0 Å². The van der Waals surface area contributed by atoms with Crippen LogP contribution in [0.2, 0.25) is 0 Å². The summed E-state index contributed by atoms with van der Waals surface area (Å²) >= 11 is 0. The highest BCUT2D eigenvalue weighted by Gasteiger charge is 2.16. The molecule has 0 spiro atoms. The van der Waals surface area contributed by atoms with Crippen molar-refractivity contribution in [3.05, 3.63) is 0 Å². The van der Waals surface area contributed by atoms with Gasteiger partial charge < -0.3 is 4.90 Å². The molecule has 2 heteroatoms. The number of nitrogens with one attached hydrogen (secondary N) is 1. The minimum Gasteiger partial charge on any atom is -0.361 e. The molecule has 0 aliphatic carbocycles. The first-order valence-corrected chi connectivity index (χ1v) is 6.10. The van der Waals surface area contributed by atoms with Crippen molar-refractivity contribution in [3.8, 4) is 0 Å². The lowest BCUT2D eigenvalue weighted by Gasteiger charge is -2.23. The van der Waals surface area contributed by atoms with Crippen molar-refractivity contribution in [3.63, 3.8) is 0 Å². The van der Waals surface area contributed by atoms with Crippen LogP contribution in [0.1, 0.15) is 52.4 Å². The minimum absolute atomic E-state index is 0.865. The Morgan fingerprint density at radius 1 is 1.29 bits per heavy atom. The highest BCUT2D eigenvalue weighted by Crippen LogP contribution is 2.20. The Bertz CT molecular complexity index is 177. The first-order valence-electron chi connectivity index (χ1n) is 6.10. The molecule has 1 saturated heterocycles. The van der Waals surface area contributed by atoms with Gasteiger partial charge in [0.25, 0.3) is 0 Å². The average molecular weight is 196 g/mol. The number of hydrogen-bond donors (Lipinski definition) is 1. The maximum Gasteiger partial charge on any atom is 0.0957 e. The Hall–Kier alpha value is -0.530. The average Bonchev–Trinajstić information content (AvgIpc) is 2.42. The van der Waals surface area contributed by atoms with Gasteiger partial charge in [-0.3, -0.25) is 5.41 Å². The molecule has 14 heavy (non-hydrogen) atoms. The number of amidine groups is 1. The quantitative estimate of drug-likeness (QED) is 0.544. The fourth-order valence-electron chi connectivity index (χ4n) is 2.24. The van der Waals surface area contributed by atoms with E-state index in [0.717, 1.165) is 37.7 Å². The van der Waals surface area contributed by atoms with E-state index in [2.05, 4.69) is 18.7 Å². The van der Waals surface area contributed by atoms with E-state index in [1.165, 1.54) is 25.7 Å². The molecule has 1 fully saturated rings. The van der Waals surface area contributed by atoms with Crippen LogP contribution in [0.3, 0.4) is 0 Å². The highest BCUT2D eigenvalue weighted by atomic mass is 15.2. The monoisotopic (exact) mass is 196 g/mol. The van der Waals surface area contributed by atoms with Gasteiger partial charge >= 0.3 is 0 Å². The number of hydrogen-bond acceptors (Lipinski definition) is 1. The topological polar surface area (TPSA) is 27.1 Å². The molecule has 0 aromatic heterocycles. The molecule has 1 heterocycles. The Labute approximate surface area is 88.2 Å². The van der Waals surface area contributed by atoms with Gasteiger partial charge in [0.2, 0.25) is 0 Å². The van der Waals surface area contributed by atoms with Gasteiger partial charge in [-0.25, -0.2) is 0 Å². The molecule has 1 unspecified atom stereocenters. The zero-order valence-electron chi connectivity index (χ0n) is 9.68. The molecule has 0 aromatic rings. The Balaban J connectivity index is 2.37. The lowest BCUT2D eigenvalue weighted by molar-refractivity contribution is 0.403. The van der Waals surface area contributed by atoms with Crippen molar-refractivity contribution >= 4 is 5.84 Å². The van der Waals surface area contributed by atoms with E-state index < -0.39 is 0 Å². The molecule has 0 saturated carbocycles. The molecule has 82 valence electrons. The summed E-state index contributed by atoms with van der Waals surface area (Å²) in [6.45, 7) is 6.69. The minimum atomic E-state index is 0.865. The van der Waals surface area contributed by atoms with Crippen LogP contribution in [0.5, 0.6) is 0 Å². The number of rotatable bonds is 3. The van der Waals surface area contributed by atoms with Gasteiger partial charge in [-0.05, 0) is 31.6 Å². The molecule has 1 rings (SSSR count). The van der Waals surface area contributed by atoms with Crippen LogP contribution in [-0.2, 0) is 0 Å². The predicted molar refractivity (Wildman–Crippen MR) is 61.8 cm³/mol. The van der Waals surface area contributed by atoms with E-state index in [1.807, 2.05) is 0 Å². The van der Waals surface area contributed by atoms with Crippen LogP contribution in [-0.4, -0.2) is 23.8 Å². The molecule has 2 nitrogen and oxygen atoms in total. The Kier molecular flexibility index (Phi) is 4.99. The van der Waals surface area contributed by atoms with Crippen molar-refractivity contribution in [1.82, 2.24) is 4.90 Å². The molecular formula is C12H24N2. The molecule has 0 radical (unpaired) electrons.